The van der Waals surface area contributed by atoms with Crippen LogP contribution in [0.2, 0.25) is 0 Å². The zero-order valence-electron chi connectivity index (χ0n) is 10.3. The van der Waals surface area contributed by atoms with Crippen LogP contribution in [0.5, 0.6) is 0 Å². The highest BCUT2D eigenvalue weighted by Gasteiger charge is 2.13. The third-order valence-corrected chi connectivity index (χ3v) is 3.45. The number of alkyl halides is 1. The maximum atomic E-state index is 3.59. The number of halogens is 1. The van der Waals surface area contributed by atoms with Crippen LogP contribution in [-0.4, -0.2) is 55.9 Å². The average molecular weight is 265 g/mol. The average Bonchev–Trinajstić information content (AvgIpc) is 2.10. The molecule has 0 aliphatic carbocycles. The van der Waals surface area contributed by atoms with Gasteiger partial charge in [0.1, 0.15) is 0 Å². The first-order valence-electron chi connectivity index (χ1n) is 5.36. The van der Waals surface area contributed by atoms with E-state index in [1.54, 1.807) is 0 Å². The van der Waals surface area contributed by atoms with E-state index in [4.69, 9.17) is 0 Å². The molecular weight excluding hydrogens is 240 g/mol. The minimum atomic E-state index is 0.760. The molecule has 0 heterocycles. The second-order valence-electron chi connectivity index (χ2n) is 4.72. The van der Waals surface area contributed by atoms with Gasteiger partial charge in [0, 0.05) is 25.0 Å². The molecule has 14 heavy (non-hydrogen) atoms. The number of likely N-dealkylation sites (N-methyl/N-ethyl adjacent to an activating group) is 2. The van der Waals surface area contributed by atoms with Crippen LogP contribution in [0.15, 0.2) is 0 Å². The minimum Gasteiger partial charge on any atom is -0.308 e. The first-order chi connectivity index (χ1) is 6.47. The normalized spacial score (nSPS) is 14.4. The lowest BCUT2D eigenvalue weighted by Crippen LogP contribution is -2.34. The Morgan fingerprint density at radius 2 is 1.64 bits per heavy atom. The molecule has 1 unspecified atom stereocenters. The van der Waals surface area contributed by atoms with Gasteiger partial charge in [-0.1, -0.05) is 29.8 Å². The molecule has 2 nitrogen and oxygen atoms in total. The third-order valence-electron chi connectivity index (χ3n) is 2.62. The van der Waals surface area contributed by atoms with Crippen LogP contribution in [0, 0.1) is 11.8 Å². The van der Waals surface area contributed by atoms with E-state index in [0.717, 1.165) is 30.3 Å². The molecule has 0 aromatic heterocycles. The quantitative estimate of drug-likeness (QED) is 0.651. The lowest BCUT2D eigenvalue weighted by atomic mass is 9.98. The summed E-state index contributed by atoms with van der Waals surface area (Å²) >= 11 is 3.59. The zero-order valence-corrected chi connectivity index (χ0v) is 11.8. The Kier molecular flexibility index (Phi) is 7.88. The molecule has 1 atom stereocenters. The molecule has 0 N–H and O–H groups in total. The van der Waals surface area contributed by atoms with E-state index >= 15 is 0 Å². The zero-order chi connectivity index (χ0) is 11.1. The van der Waals surface area contributed by atoms with Gasteiger partial charge in [-0.3, -0.25) is 0 Å². The van der Waals surface area contributed by atoms with Gasteiger partial charge >= 0.3 is 0 Å². The maximum Gasteiger partial charge on any atom is 0.0106 e. The highest BCUT2D eigenvalue weighted by atomic mass is 79.9. The third kappa shape index (κ3) is 6.80. The molecule has 0 aromatic carbocycles. The fourth-order valence-electron chi connectivity index (χ4n) is 1.30. The van der Waals surface area contributed by atoms with E-state index < -0.39 is 0 Å². The van der Waals surface area contributed by atoms with Gasteiger partial charge in [0.15, 0.2) is 0 Å². The summed E-state index contributed by atoms with van der Waals surface area (Å²) in [6.45, 7) is 8.08. The van der Waals surface area contributed by atoms with Gasteiger partial charge < -0.3 is 9.80 Å². The molecule has 86 valence electrons. The Hall–Kier alpha value is 0.400. The predicted molar refractivity (Wildman–Crippen MR) is 68.2 cm³/mol. The lowest BCUT2D eigenvalue weighted by molar-refractivity contribution is 0.231. The number of hydrogen-bond donors (Lipinski definition) is 0. The van der Waals surface area contributed by atoms with Crippen molar-refractivity contribution in [3.63, 3.8) is 0 Å². The van der Waals surface area contributed by atoms with Crippen molar-refractivity contribution in [2.75, 3.05) is 46.1 Å². The van der Waals surface area contributed by atoms with Crippen molar-refractivity contribution < 1.29 is 0 Å². The van der Waals surface area contributed by atoms with Crippen LogP contribution < -0.4 is 0 Å². The van der Waals surface area contributed by atoms with Crippen LogP contribution in [0.1, 0.15) is 13.8 Å². The molecule has 0 amide bonds. The second-order valence-corrected chi connectivity index (χ2v) is 5.37. The summed E-state index contributed by atoms with van der Waals surface area (Å²) in [6.07, 6.45) is 0. The van der Waals surface area contributed by atoms with Gasteiger partial charge in [-0.2, -0.15) is 0 Å². The topological polar surface area (TPSA) is 6.48 Å². The Bertz CT molecular complexity index is 137. The van der Waals surface area contributed by atoms with Gasteiger partial charge in [-0.05, 0) is 33.0 Å². The summed E-state index contributed by atoms with van der Waals surface area (Å²) in [5, 5.41) is 1.11. The van der Waals surface area contributed by atoms with Gasteiger partial charge in [-0.15, -0.1) is 0 Å². The Labute approximate surface area is 97.8 Å². The highest BCUT2D eigenvalue weighted by molar-refractivity contribution is 9.09. The number of nitrogens with zero attached hydrogens (tertiary/aromatic N) is 2. The Morgan fingerprint density at radius 1 is 1.07 bits per heavy atom. The van der Waals surface area contributed by atoms with Crippen molar-refractivity contribution in [3.8, 4) is 0 Å². The van der Waals surface area contributed by atoms with Crippen molar-refractivity contribution in [2.45, 2.75) is 13.8 Å². The molecular formula is C11H25BrN2. The molecule has 0 saturated heterocycles. The summed E-state index contributed by atoms with van der Waals surface area (Å²) in [5.74, 6) is 1.53. The first kappa shape index (κ1) is 14.4. The van der Waals surface area contributed by atoms with Crippen molar-refractivity contribution >= 4 is 15.9 Å². The van der Waals surface area contributed by atoms with E-state index in [2.05, 4.69) is 60.7 Å². The predicted octanol–water partition coefficient (Wildman–Crippen LogP) is 2.15. The molecule has 0 radical (unpaired) electrons. The van der Waals surface area contributed by atoms with Crippen LogP contribution in [0.3, 0.4) is 0 Å². The largest absolute Gasteiger partial charge is 0.308 e. The first-order valence-corrected chi connectivity index (χ1v) is 6.48. The molecule has 0 spiro atoms. The second kappa shape index (κ2) is 7.66. The van der Waals surface area contributed by atoms with Crippen LogP contribution in [0.25, 0.3) is 0 Å². The lowest BCUT2D eigenvalue weighted by Gasteiger charge is -2.26. The van der Waals surface area contributed by atoms with E-state index in [9.17, 15) is 0 Å². The number of hydrogen-bond acceptors (Lipinski definition) is 2. The standard InChI is InChI=1S/C11H25BrN2/c1-10(2)11(8-12)9-14(5)7-6-13(3)4/h10-11H,6-9H2,1-5H3. The smallest absolute Gasteiger partial charge is 0.0106 e. The molecule has 0 aromatic rings. The van der Waals surface area contributed by atoms with Gasteiger partial charge in [0.05, 0.1) is 0 Å². The Balaban J connectivity index is 3.73. The van der Waals surface area contributed by atoms with Crippen molar-refractivity contribution in [2.24, 2.45) is 11.8 Å². The Morgan fingerprint density at radius 3 is 2.00 bits per heavy atom. The SMILES string of the molecule is CC(C)C(CBr)CN(C)CCN(C)C. The minimum absolute atomic E-state index is 0.760. The van der Waals surface area contributed by atoms with Gasteiger partial charge in [-0.25, -0.2) is 0 Å². The summed E-state index contributed by atoms with van der Waals surface area (Å²) in [4.78, 5) is 4.65. The van der Waals surface area contributed by atoms with E-state index in [1.807, 2.05) is 0 Å². The molecule has 3 heteroatoms. The monoisotopic (exact) mass is 264 g/mol. The summed E-state index contributed by atoms with van der Waals surface area (Å²) in [5.41, 5.74) is 0. The van der Waals surface area contributed by atoms with Crippen molar-refractivity contribution in [1.29, 1.82) is 0 Å². The molecule has 0 fully saturated rings. The molecule has 0 saturated carbocycles. The van der Waals surface area contributed by atoms with Crippen LogP contribution in [0.4, 0.5) is 0 Å². The summed E-state index contributed by atoms with van der Waals surface area (Å²) < 4.78 is 0. The number of rotatable bonds is 7. The highest BCUT2D eigenvalue weighted by Crippen LogP contribution is 2.14. The molecule has 0 aliphatic heterocycles. The fraction of sp³-hybridized carbons (Fsp3) is 1.00. The van der Waals surface area contributed by atoms with Crippen LogP contribution in [-0.2, 0) is 0 Å². The van der Waals surface area contributed by atoms with E-state index in [-0.39, 0.29) is 0 Å². The summed E-state index contributed by atoms with van der Waals surface area (Å²) in [7, 11) is 6.46. The van der Waals surface area contributed by atoms with Crippen molar-refractivity contribution in [1.82, 2.24) is 9.80 Å². The van der Waals surface area contributed by atoms with E-state index in [1.165, 1.54) is 6.54 Å². The molecule has 0 rings (SSSR count). The van der Waals surface area contributed by atoms with E-state index in [0.29, 0.717) is 0 Å². The van der Waals surface area contributed by atoms with Gasteiger partial charge in [0.25, 0.3) is 0 Å². The van der Waals surface area contributed by atoms with Crippen LogP contribution >= 0.6 is 15.9 Å². The molecule has 0 bridgehead atoms. The molecule has 0 aliphatic rings. The van der Waals surface area contributed by atoms with Gasteiger partial charge in [0.2, 0.25) is 0 Å². The van der Waals surface area contributed by atoms with Crippen molar-refractivity contribution in [3.05, 3.63) is 0 Å². The summed E-state index contributed by atoms with van der Waals surface area (Å²) in [6, 6.07) is 0. The fourth-order valence-corrected chi connectivity index (χ4v) is 2.25. The maximum absolute atomic E-state index is 3.59.